The summed E-state index contributed by atoms with van der Waals surface area (Å²) in [5, 5.41) is 53.5. The standard InChI is InChI=1S/C66H73N13O15S6/c1-33(2)49-63-78-52(43(100-63)28-92-5)56(88)68-27-46(81)75-53(54(86)35-14-8-7-9-15-35)62-73-42(31-97-62)60-71-40(29-96-60)51-37(58-72-41(30-95-58)55(87)70-39(26-45(80)67-4)61-77-50(34(3)99-61)57(89)76-49)18-19-38(69-51)59-74-44(32-98-59)79(25-13-11-17-48(84)85)65(91)94-36-20-23-66(24-21-36,64(90)93-6)22-12-10-16-47(82)83/h7-9,14-15,18-19,29-33,36,39,49,53-54,86H,10-13,16-17,20-28H2,1-6H3,(H,67,80)(H,68,88)(H,70,87)(H,75,81)(H,76,89)(H,82,83)(H,84,85)/t36?,39-,49-,53-,54-,66?/m0/s1. The first-order valence-corrected chi connectivity index (χ1v) is 37.1. The van der Waals surface area contributed by atoms with Crippen molar-refractivity contribution in [1.82, 2.24) is 61.5 Å². The highest BCUT2D eigenvalue weighted by atomic mass is 32.1. The summed E-state index contributed by atoms with van der Waals surface area (Å²) in [5.74, 6) is -5.43. The average molecular weight is 1480 g/mol. The number of carboxylic acid groups (broad SMARTS) is 2. The topological polar surface area (TPSA) is 396 Å². The lowest BCUT2D eigenvalue weighted by molar-refractivity contribution is -0.157. The van der Waals surface area contributed by atoms with Crippen molar-refractivity contribution in [2.24, 2.45) is 11.3 Å². The molecular weight excluding hydrogens is 1410 g/mol. The summed E-state index contributed by atoms with van der Waals surface area (Å²) in [6, 6.07) is 9.22. The number of aromatic nitrogens is 7. The van der Waals surface area contributed by atoms with Crippen LogP contribution >= 0.6 is 68.0 Å². The first kappa shape index (κ1) is 73.8. The third-order valence-corrected chi connectivity index (χ3v) is 22.5. The molecule has 0 unspecified atom stereocenters. The van der Waals surface area contributed by atoms with Crippen LogP contribution < -0.4 is 31.5 Å². The number of carboxylic acids is 2. The Bertz CT molecular complexity index is 4290. The number of aliphatic hydroxyl groups excluding tert-OH is 1. The summed E-state index contributed by atoms with van der Waals surface area (Å²) in [7, 11) is 4.23. The fourth-order valence-corrected chi connectivity index (χ4v) is 17.1. The summed E-state index contributed by atoms with van der Waals surface area (Å²) in [6.07, 6.45) is 0.123. The number of nitrogens with one attached hydrogen (secondary N) is 5. The number of thiazole rings is 6. The summed E-state index contributed by atoms with van der Waals surface area (Å²) < 4.78 is 16.8. The van der Waals surface area contributed by atoms with E-state index >= 15 is 0 Å². The molecule has 1 saturated carbocycles. The summed E-state index contributed by atoms with van der Waals surface area (Å²) >= 11 is 6.97. The number of aliphatic hydroxyl groups is 1. The van der Waals surface area contributed by atoms with Crippen LogP contribution in [0.4, 0.5) is 10.6 Å². The number of nitrogens with zero attached hydrogens (tertiary/aromatic N) is 8. The molecule has 8 heterocycles. The molecule has 1 aromatic carbocycles. The van der Waals surface area contributed by atoms with Gasteiger partial charge < -0.3 is 56.1 Å². The van der Waals surface area contributed by atoms with Gasteiger partial charge >= 0.3 is 24.0 Å². The second-order valence-corrected chi connectivity index (χ2v) is 29.9. The first-order chi connectivity index (χ1) is 48.0. The number of aliphatic carboxylic acids is 2. The Morgan fingerprint density at radius 2 is 1.36 bits per heavy atom. The fraction of sp³-hybridized carbons (Fsp3) is 0.424. The molecule has 100 heavy (non-hydrogen) atoms. The van der Waals surface area contributed by atoms with E-state index in [4.69, 9.17) is 49.1 Å². The highest BCUT2D eigenvalue weighted by Gasteiger charge is 2.44. The largest absolute Gasteiger partial charge is 0.481 e. The van der Waals surface area contributed by atoms with Gasteiger partial charge in [0, 0.05) is 65.5 Å². The number of aryl methyl sites for hydroxylation is 1. The maximum atomic E-state index is 14.5. The van der Waals surface area contributed by atoms with Gasteiger partial charge in [0.15, 0.2) is 0 Å². The number of pyridine rings is 1. The minimum absolute atomic E-state index is 0.0200. The minimum Gasteiger partial charge on any atom is -0.481 e. The van der Waals surface area contributed by atoms with Crippen molar-refractivity contribution in [3.63, 3.8) is 0 Å². The van der Waals surface area contributed by atoms with Crippen molar-refractivity contribution in [3.05, 3.63) is 111 Å². The Kier molecular flexibility index (Phi) is 24.7. The SMILES string of the molecule is CNC(=O)C[C@@H]1NC(=O)c2csc(n2)-c2ccc(-c3nc(N(CCCCC(=O)O)C(=O)OC4CCC(CCCCC(=O)O)(C(=O)OC)CC4)cs3)nc2-c2csc(n2)-c2csc(n2)[C@H]([C@@H](O)c2ccccc2)NC(=O)CNC(=O)c2nc(sc2COC)[C@H](C(C)C)NC(=O)c2nc1sc2C. The van der Waals surface area contributed by atoms with E-state index in [-0.39, 0.29) is 79.1 Å². The van der Waals surface area contributed by atoms with Gasteiger partial charge in [0.05, 0.1) is 54.8 Å². The lowest BCUT2D eigenvalue weighted by Gasteiger charge is -2.38. The van der Waals surface area contributed by atoms with E-state index in [2.05, 4.69) is 26.6 Å². The quantitative estimate of drug-likeness (QED) is 0.0245. The number of carbonyl (C=O) groups excluding carboxylic acids is 7. The molecule has 2 aliphatic rings. The molecule has 34 heteroatoms. The number of amides is 6. The number of carbonyl (C=O) groups is 9. The van der Waals surface area contributed by atoms with Gasteiger partial charge in [0.2, 0.25) is 11.8 Å². The van der Waals surface area contributed by atoms with Crippen molar-refractivity contribution in [3.8, 4) is 43.4 Å². The zero-order valence-corrected chi connectivity index (χ0v) is 60.1. The molecule has 1 fully saturated rings. The predicted octanol–water partition coefficient (Wildman–Crippen LogP) is 10.3. The molecule has 28 nitrogen and oxygen atoms in total. The van der Waals surface area contributed by atoms with Gasteiger partial charge in [0.1, 0.15) is 88.3 Å². The number of esters is 1. The number of methoxy groups -OCH3 is 2. The van der Waals surface area contributed by atoms with Crippen LogP contribution in [0.25, 0.3) is 43.4 Å². The van der Waals surface area contributed by atoms with E-state index in [9.17, 15) is 58.5 Å². The van der Waals surface area contributed by atoms with E-state index in [0.717, 1.165) is 45.3 Å². The third-order valence-electron chi connectivity index (χ3n) is 16.8. The van der Waals surface area contributed by atoms with Gasteiger partial charge in [-0.15, -0.1) is 68.0 Å². The normalized spacial score (nSPS) is 18.6. The maximum absolute atomic E-state index is 14.5. The van der Waals surface area contributed by atoms with E-state index in [1.807, 2.05) is 13.8 Å². The van der Waals surface area contributed by atoms with Gasteiger partial charge in [0.25, 0.3) is 17.7 Å². The summed E-state index contributed by atoms with van der Waals surface area (Å²) in [5.41, 5.74) is 1.40. The molecule has 7 aromatic heterocycles. The second-order valence-electron chi connectivity index (χ2n) is 24.1. The molecule has 6 amide bonds. The Hall–Kier alpha value is -8.90. The number of hydrogen-bond donors (Lipinski definition) is 8. The highest BCUT2D eigenvalue weighted by Crippen LogP contribution is 2.44. The van der Waals surface area contributed by atoms with Crippen molar-refractivity contribution in [2.75, 3.05) is 39.3 Å². The summed E-state index contributed by atoms with van der Waals surface area (Å²) in [4.78, 5) is 157. The molecule has 10 bridgehead atoms. The number of rotatable bonds is 21. The Labute approximate surface area is 597 Å². The van der Waals surface area contributed by atoms with Crippen LogP contribution in [0, 0.1) is 18.3 Å². The monoisotopic (exact) mass is 1480 g/mol. The number of ether oxygens (including phenoxy) is 3. The second kappa shape index (κ2) is 33.5. The molecule has 10 rings (SSSR count). The van der Waals surface area contributed by atoms with Crippen molar-refractivity contribution in [2.45, 2.75) is 135 Å². The lowest BCUT2D eigenvalue weighted by Crippen LogP contribution is -2.41. The molecule has 4 atom stereocenters. The van der Waals surface area contributed by atoms with Crippen LogP contribution in [-0.2, 0) is 44.8 Å². The third kappa shape index (κ3) is 17.8. The molecule has 0 radical (unpaired) electrons. The number of hydrogen-bond acceptors (Lipinski definition) is 26. The number of benzene rings is 1. The van der Waals surface area contributed by atoms with Gasteiger partial charge in [-0.05, 0) is 81.9 Å². The molecule has 8 aromatic rings. The lowest BCUT2D eigenvalue weighted by atomic mass is 9.70. The van der Waals surface area contributed by atoms with Crippen molar-refractivity contribution < 1.29 is 72.7 Å². The fourth-order valence-electron chi connectivity index (χ4n) is 11.5. The molecular formula is C66H73N13O15S6. The van der Waals surface area contributed by atoms with Gasteiger partial charge in [-0.1, -0.05) is 50.6 Å². The smallest absolute Gasteiger partial charge is 0.415 e. The maximum Gasteiger partial charge on any atom is 0.415 e. The Balaban J connectivity index is 1.01. The van der Waals surface area contributed by atoms with E-state index in [0.29, 0.717) is 114 Å². The van der Waals surface area contributed by atoms with Crippen molar-refractivity contribution >= 4 is 127 Å². The van der Waals surface area contributed by atoms with Gasteiger partial charge in [-0.3, -0.25) is 43.3 Å². The zero-order valence-electron chi connectivity index (χ0n) is 55.2. The number of anilines is 1. The van der Waals surface area contributed by atoms with Crippen LogP contribution in [-0.4, -0.2) is 144 Å². The Morgan fingerprint density at radius 3 is 2.07 bits per heavy atom. The van der Waals surface area contributed by atoms with Crippen LogP contribution in [0.1, 0.15) is 177 Å². The first-order valence-electron chi connectivity index (χ1n) is 32.0. The van der Waals surface area contributed by atoms with E-state index in [1.165, 1.54) is 48.8 Å². The molecule has 8 N–H and O–H groups in total. The summed E-state index contributed by atoms with van der Waals surface area (Å²) in [6.45, 7) is 4.91. The predicted molar refractivity (Wildman–Crippen MR) is 375 cm³/mol. The number of fused-ring (bicyclic) bond motifs is 14. The minimum atomic E-state index is -1.32. The van der Waals surface area contributed by atoms with Crippen LogP contribution in [0.15, 0.2) is 64.0 Å². The van der Waals surface area contributed by atoms with Crippen LogP contribution in [0.3, 0.4) is 0 Å². The van der Waals surface area contributed by atoms with E-state index in [1.54, 1.807) is 70.9 Å². The van der Waals surface area contributed by atoms with Crippen LogP contribution in [0.5, 0.6) is 0 Å². The molecule has 1 aliphatic heterocycles. The van der Waals surface area contributed by atoms with E-state index < -0.39 is 95.8 Å². The highest BCUT2D eigenvalue weighted by molar-refractivity contribution is 7.15. The average Bonchev–Trinajstić information content (AvgIpc) is 1.58. The Morgan fingerprint density at radius 1 is 0.680 bits per heavy atom. The van der Waals surface area contributed by atoms with Gasteiger partial charge in [-0.25, -0.2) is 39.7 Å². The van der Waals surface area contributed by atoms with Crippen molar-refractivity contribution in [1.29, 1.82) is 0 Å². The molecule has 0 spiro atoms. The zero-order chi connectivity index (χ0) is 71.4. The molecule has 1 aliphatic carbocycles. The van der Waals surface area contributed by atoms with Gasteiger partial charge in [-0.2, -0.15) is 0 Å². The molecule has 0 saturated heterocycles. The van der Waals surface area contributed by atoms with Crippen LogP contribution in [0.2, 0.25) is 0 Å². The number of unbranched alkanes of at least 4 members (excludes halogenated alkanes) is 2. The molecule has 528 valence electrons.